The lowest BCUT2D eigenvalue weighted by Crippen LogP contribution is -2.04. The van der Waals surface area contributed by atoms with Crippen LogP contribution in [-0.4, -0.2) is 16.1 Å². The predicted molar refractivity (Wildman–Crippen MR) is 80.5 cm³/mol. The van der Waals surface area contributed by atoms with Gasteiger partial charge in [0, 0.05) is 22.3 Å². The van der Waals surface area contributed by atoms with Gasteiger partial charge in [-0.2, -0.15) is 0 Å². The summed E-state index contributed by atoms with van der Waals surface area (Å²) in [6.45, 7) is 0. The molecule has 1 heterocycles. The molecule has 0 radical (unpaired) electrons. The van der Waals surface area contributed by atoms with Crippen LogP contribution in [0.4, 0.5) is 5.82 Å². The van der Waals surface area contributed by atoms with E-state index >= 15 is 0 Å². The second-order valence-electron chi connectivity index (χ2n) is 4.08. The quantitative estimate of drug-likeness (QED) is 0.893. The van der Waals surface area contributed by atoms with E-state index in [2.05, 4.69) is 4.98 Å². The Kier molecular flexibility index (Phi) is 4.38. The Labute approximate surface area is 130 Å². The number of rotatable bonds is 3. The molecule has 0 bridgehead atoms. The second-order valence-corrected chi connectivity index (χ2v) is 5.33. The van der Waals surface area contributed by atoms with Gasteiger partial charge in [-0.1, -0.05) is 34.8 Å². The molecule has 0 saturated carbocycles. The van der Waals surface area contributed by atoms with Crippen LogP contribution in [-0.2, 0) is 11.2 Å². The van der Waals surface area contributed by atoms with Gasteiger partial charge in [0.15, 0.2) is 0 Å². The molecular weight excluding hydrogens is 323 g/mol. The number of aliphatic carboxylic acids is 1. The van der Waals surface area contributed by atoms with Crippen molar-refractivity contribution in [2.24, 2.45) is 0 Å². The van der Waals surface area contributed by atoms with Crippen molar-refractivity contribution >= 4 is 46.6 Å². The van der Waals surface area contributed by atoms with Gasteiger partial charge in [0.1, 0.15) is 5.82 Å². The van der Waals surface area contributed by atoms with Crippen molar-refractivity contribution in [1.82, 2.24) is 4.98 Å². The molecule has 7 heteroatoms. The molecule has 1 aromatic heterocycles. The number of hydrogen-bond acceptors (Lipinski definition) is 3. The Morgan fingerprint density at radius 1 is 1.20 bits per heavy atom. The number of nitrogen functional groups attached to an aromatic ring is 1. The van der Waals surface area contributed by atoms with Crippen LogP contribution < -0.4 is 5.73 Å². The minimum Gasteiger partial charge on any atom is -0.481 e. The third-order valence-electron chi connectivity index (χ3n) is 2.63. The van der Waals surface area contributed by atoms with Crippen molar-refractivity contribution in [3.8, 4) is 11.1 Å². The van der Waals surface area contributed by atoms with Crippen LogP contribution in [0.15, 0.2) is 24.4 Å². The molecule has 0 aliphatic heterocycles. The maximum atomic E-state index is 10.9. The normalized spacial score (nSPS) is 10.6. The Hall–Kier alpha value is -1.49. The van der Waals surface area contributed by atoms with Gasteiger partial charge in [-0.05, 0) is 23.8 Å². The number of hydrogen-bond donors (Lipinski definition) is 2. The summed E-state index contributed by atoms with van der Waals surface area (Å²) in [7, 11) is 0. The molecule has 0 fully saturated rings. The molecule has 0 aliphatic rings. The van der Waals surface area contributed by atoms with E-state index in [1.54, 1.807) is 0 Å². The smallest absolute Gasteiger partial charge is 0.307 e. The molecule has 2 aromatic rings. The van der Waals surface area contributed by atoms with E-state index in [0.717, 1.165) is 0 Å². The summed E-state index contributed by atoms with van der Waals surface area (Å²) >= 11 is 18.1. The minimum absolute atomic E-state index is 0.211. The maximum absolute atomic E-state index is 10.9. The third-order valence-corrected chi connectivity index (χ3v) is 3.44. The van der Waals surface area contributed by atoms with E-state index in [9.17, 15) is 4.79 Å². The molecule has 0 aliphatic carbocycles. The van der Waals surface area contributed by atoms with Crippen LogP contribution >= 0.6 is 34.8 Å². The highest BCUT2D eigenvalue weighted by atomic mass is 35.5. The number of pyridine rings is 1. The molecule has 0 amide bonds. The van der Waals surface area contributed by atoms with Gasteiger partial charge in [0.05, 0.1) is 16.5 Å². The van der Waals surface area contributed by atoms with E-state index < -0.39 is 5.97 Å². The molecule has 4 nitrogen and oxygen atoms in total. The fourth-order valence-electron chi connectivity index (χ4n) is 1.85. The number of carboxylic acid groups (broad SMARTS) is 1. The van der Waals surface area contributed by atoms with Gasteiger partial charge in [0.25, 0.3) is 0 Å². The van der Waals surface area contributed by atoms with E-state index in [4.69, 9.17) is 45.6 Å². The summed E-state index contributed by atoms with van der Waals surface area (Å²) in [4.78, 5) is 14.9. The standard InChI is InChI=1S/C13H9Cl3N2O2/c14-7-3-9(15)13(10(16)4-7)8-5-18-11(17)1-6(8)2-12(19)20/h1,3-5H,2H2,(H2,17,18)(H,19,20). The number of carboxylic acids is 1. The zero-order valence-electron chi connectivity index (χ0n) is 10.0. The van der Waals surface area contributed by atoms with Crippen LogP contribution in [0.5, 0.6) is 0 Å². The summed E-state index contributed by atoms with van der Waals surface area (Å²) in [5, 5.41) is 10.00. The number of nitrogens with zero attached hydrogens (tertiary/aromatic N) is 1. The first kappa shape index (κ1) is 14.9. The van der Waals surface area contributed by atoms with Crippen LogP contribution in [0.2, 0.25) is 15.1 Å². The highest BCUT2D eigenvalue weighted by molar-refractivity contribution is 6.41. The first-order valence-electron chi connectivity index (χ1n) is 5.49. The molecule has 20 heavy (non-hydrogen) atoms. The van der Waals surface area contributed by atoms with E-state index in [-0.39, 0.29) is 12.2 Å². The third kappa shape index (κ3) is 3.15. The monoisotopic (exact) mass is 330 g/mol. The SMILES string of the molecule is Nc1cc(CC(=O)O)c(-c2c(Cl)cc(Cl)cc2Cl)cn1. The highest BCUT2D eigenvalue weighted by Gasteiger charge is 2.16. The van der Waals surface area contributed by atoms with Crippen molar-refractivity contribution in [2.45, 2.75) is 6.42 Å². The Morgan fingerprint density at radius 3 is 2.35 bits per heavy atom. The van der Waals surface area contributed by atoms with Gasteiger partial charge < -0.3 is 10.8 Å². The van der Waals surface area contributed by atoms with Crippen molar-refractivity contribution in [2.75, 3.05) is 5.73 Å². The molecule has 3 N–H and O–H groups in total. The van der Waals surface area contributed by atoms with Crippen molar-refractivity contribution < 1.29 is 9.90 Å². The number of anilines is 1. The first-order valence-corrected chi connectivity index (χ1v) is 6.63. The first-order chi connectivity index (χ1) is 9.38. The highest BCUT2D eigenvalue weighted by Crippen LogP contribution is 2.38. The number of carbonyl (C=O) groups is 1. The minimum atomic E-state index is -0.988. The molecule has 104 valence electrons. The number of nitrogens with two attached hydrogens (primary N) is 1. The average Bonchev–Trinajstić information content (AvgIpc) is 2.29. The van der Waals surface area contributed by atoms with Crippen molar-refractivity contribution in [3.05, 3.63) is 45.0 Å². The maximum Gasteiger partial charge on any atom is 0.307 e. The average molecular weight is 332 g/mol. The van der Waals surface area contributed by atoms with Gasteiger partial charge in [-0.3, -0.25) is 4.79 Å². The molecule has 0 spiro atoms. The van der Waals surface area contributed by atoms with E-state index in [0.29, 0.717) is 31.8 Å². The summed E-state index contributed by atoms with van der Waals surface area (Å²) < 4.78 is 0. The van der Waals surface area contributed by atoms with E-state index in [1.165, 1.54) is 24.4 Å². The van der Waals surface area contributed by atoms with Crippen LogP contribution in [0.25, 0.3) is 11.1 Å². The molecule has 1 aromatic carbocycles. The largest absolute Gasteiger partial charge is 0.481 e. The van der Waals surface area contributed by atoms with Crippen molar-refractivity contribution in [3.63, 3.8) is 0 Å². The zero-order chi connectivity index (χ0) is 14.9. The number of benzene rings is 1. The second kappa shape index (κ2) is 5.87. The zero-order valence-corrected chi connectivity index (χ0v) is 12.3. The summed E-state index contributed by atoms with van der Waals surface area (Å²) in [5.74, 6) is -0.760. The summed E-state index contributed by atoms with van der Waals surface area (Å²) in [6.07, 6.45) is 1.24. The van der Waals surface area contributed by atoms with Crippen LogP contribution in [0, 0.1) is 0 Å². The lowest BCUT2D eigenvalue weighted by Gasteiger charge is -2.12. The molecule has 0 saturated heterocycles. The summed E-state index contributed by atoms with van der Waals surface area (Å²) in [5.41, 5.74) is 7.08. The number of aromatic nitrogens is 1. The molecule has 0 unspecified atom stereocenters. The molecule has 2 rings (SSSR count). The van der Waals surface area contributed by atoms with Gasteiger partial charge in [-0.15, -0.1) is 0 Å². The van der Waals surface area contributed by atoms with Gasteiger partial charge in [0.2, 0.25) is 0 Å². The lowest BCUT2D eigenvalue weighted by atomic mass is 9.99. The number of halogens is 3. The van der Waals surface area contributed by atoms with Gasteiger partial charge in [-0.25, -0.2) is 4.98 Å². The Morgan fingerprint density at radius 2 is 1.80 bits per heavy atom. The lowest BCUT2D eigenvalue weighted by molar-refractivity contribution is -0.136. The molecule has 0 atom stereocenters. The predicted octanol–water partition coefficient (Wildman–Crippen LogP) is 3.92. The van der Waals surface area contributed by atoms with E-state index in [1.807, 2.05) is 0 Å². The van der Waals surface area contributed by atoms with Crippen LogP contribution in [0.1, 0.15) is 5.56 Å². The Balaban J connectivity index is 2.66. The topological polar surface area (TPSA) is 76.2 Å². The fraction of sp³-hybridized carbons (Fsp3) is 0.0769. The summed E-state index contributed by atoms with van der Waals surface area (Å²) in [6, 6.07) is 4.56. The van der Waals surface area contributed by atoms with Crippen LogP contribution in [0.3, 0.4) is 0 Å². The molecular formula is C13H9Cl3N2O2. The fourth-order valence-corrected chi connectivity index (χ4v) is 2.87. The Bertz CT molecular complexity index is 666. The van der Waals surface area contributed by atoms with Crippen molar-refractivity contribution in [1.29, 1.82) is 0 Å². The van der Waals surface area contributed by atoms with Gasteiger partial charge >= 0.3 is 5.97 Å².